The maximum Gasteiger partial charge on any atom is 0.146 e. The summed E-state index contributed by atoms with van der Waals surface area (Å²) in [5.41, 5.74) is 5.48. The van der Waals surface area contributed by atoms with E-state index in [9.17, 15) is 9.18 Å². The highest BCUT2D eigenvalue weighted by atomic mass is 19.1. The van der Waals surface area contributed by atoms with Gasteiger partial charge < -0.3 is 4.74 Å². The molecule has 2 nitrogen and oxygen atoms in total. The van der Waals surface area contributed by atoms with Gasteiger partial charge in [-0.3, -0.25) is 4.79 Å². The average molecular weight is 338 g/mol. The Morgan fingerprint density at radius 3 is 2.64 bits per heavy atom. The molecule has 2 aromatic rings. The highest BCUT2D eigenvalue weighted by Gasteiger charge is 2.16. The summed E-state index contributed by atoms with van der Waals surface area (Å²) in [7, 11) is 0. The number of rotatable bonds is 6. The zero-order chi connectivity index (χ0) is 17.8. The minimum atomic E-state index is -0.205. The number of carbonyl (C=O) groups excluding carboxylic acids is 1. The second-order valence-corrected chi connectivity index (χ2v) is 6.83. The Kier molecular flexibility index (Phi) is 5.32. The van der Waals surface area contributed by atoms with Crippen LogP contribution in [0, 0.1) is 11.7 Å². The monoisotopic (exact) mass is 338 g/mol. The molecule has 0 spiro atoms. The fourth-order valence-electron chi connectivity index (χ4n) is 3.33. The summed E-state index contributed by atoms with van der Waals surface area (Å²) in [6, 6.07) is 12.7. The second kappa shape index (κ2) is 7.64. The molecule has 3 rings (SSSR count). The Balaban J connectivity index is 1.61. The number of ether oxygens (including phenoxy) is 1. The van der Waals surface area contributed by atoms with Crippen molar-refractivity contribution in [2.45, 2.75) is 33.1 Å². The van der Waals surface area contributed by atoms with Crippen LogP contribution in [0.3, 0.4) is 0 Å². The highest BCUT2D eigenvalue weighted by molar-refractivity contribution is 5.89. The van der Waals surface area contributed by atoms with Gasteiger partial charge in [0.25, 0.3) is 0 Å². The van der Waals surface area contributed by atoms with Gasteiger partial charge >= 0.3 is 0 Å². The molecule has 0 amide bonds. The van der Waals surface area contributed by atoms with E-state index in [1.54, 1.807) is 0 Å². The van der Waals surface area contributed by atoms with E-state index in [1.807, 2.05) is 31.2 Å². The molecule has 0 radical (unpaired) electrons. The topological polar surface area (TPSA) is 26.3 Å². The third-order valence-electron chi connectivity index (χ3n) is 4.80. The van der Waals surface area contributed by atoms with Crippen molar-refractivity contribution in [3.63, 3.8) is 0 Å². The van der Waals surface area contributed by atoms with Gasteiger partial charge in [0, 0.05) is 0 Å². The van der Waals surface area contributed by atoms with E-state index in [4.69, 9.17) is 4.74 Å². The first-order valence-corrected chi connectivity index (χ1v) is 8.72. The van der Waals surface area contributed by atoms with E-state index in [0.717, 1.165) is 53.6 Å². The van der Waals surface area contributed by atoms with Crippen molar-refractivity contribution in [3.8, 4) is 5.75 Å². The minimum absolute atomic E-state index is 0.205. The van der Waals surface area contributed by atoms with Gasteiger partial charge in [0.15, 0.2) is 0 Å². The van der Waals surface area contributed by atoms with Crippen molar-refractivity contribution >= 4 is 11.9 Å². The maximum atomic E-state index is 13.0. The zero-order valence-electron chi connectivity index (χ0n) is 14.7. The lowest BCUT2D eigenvalue weighted by atomic mass is 9.87. The normalized spacial score (nSPS) is 14.8. The van der Waals surface area contributed by atoms with E-state index in [2.05, 4.69) is 13.0 Å². The molecule has 0 unspecified atom stereocenters. The van der Waals surface area contributed by atoms with Crippen molar-refractivity contribution in [2.75, 3.05) is 6.61 Å². The van der Waals surface area contributed by atoms with Crippen molar-refractivity contribution in [2.24, 2.45) is 5.92 Å². The average Bonchev–Trinajstić information content (AvgIpc) is 2.62. The maximum absolute atomic E-state index is 13.0. The lowest BCUT2D eigenvalue weighted by Gasteiger charge is -2.20. The van der Waals surface area contributed by atoms with Crippen LogP contribution < -0.4 is 4.74 Å². The molecule has 0 bridgehead atoms. The molecule has 25 heavy (non-hydrogen) atoms. The number of hydrogen-bond acceptors (Lipinski definition) is 2. The lowest BCUT2D eigenvalue weighted by Crippen LogP contribution is -2.12. The molecule has 0 heterocycles. The van der Waals surface area contributed by atoms with Crippen molar-refractivity contribution in [3.05, 3.63) is 70.5 Å². The Morgan fingerprint density at radius 2 is 1.92 bits per heavy atom. The molecular weight excluding hydrogens is 315 g/mol. The molecule has 0 saturated heterocycles. The van der Waals surface area contributed by atoms with E-state index in [-0.39, 0.29) is 5.82 Å². The van der Waals surface area contributed by atoms with Gasteiger partial charge in [-0.1, -0.05) is 25.1 Å². The van der Waals surface area contributed by atoms with Crippen LogP contribution >= 0.6 is 0 Å². The molecule has 1 aliphatic carbocycles. The van der Waals surface area contributed by atoms with E-state index >= 15 is 0 Å². The molecule has 0 aliphatic heterocycles. The van der Waals surface area contributed by atoms with E-state index in [1.165, 1.54) is 17.7 Å². The van der Waals surface area contributed by atoms with Crippen LogP contribution in [0.4, 0.5) is 4.39 Å². The van der Waals surface area contributed by atoms with Gasteiger partial charge in [-0.2, -0.15) is 0 Å². The van der Waals surface area contributed by atoms with Crippen LogP contribution in [0.25, 0.3) is 5.57 Å². The third-order valence-corrected chi connectivity index (χ3v) is 4.80. The van der Waals surface area contributed by atoms with Crippen molar-refractivity contribution in [1.29, 1.82) is 0 Å². The SMILES string of the molecule is CC1=C(C=O)CCc2cc(OC[C@H](C)Cc3ccc(F)cc3)ccc21. The zero-order valence-corrected chi connectivity index (χ0v) is 14.7. The lowest BCUT2D eigenvalue weighted by molar-refractivity contribution is -0.105. The first-order valence-electron chi connectivity index (χ1n) is 8.72. The smallest absolute Gasteiger partial charge is 0.146 e. The molecule has 0 N–H and O–H groups in total. The number of fused-ring (bicyclic) bond motifs is 1. The largest absolute Gasteiger partial charge is 0.493 e. The molecule has 1 aliphatic rings. The number of allylic oxidation sites excluding steroid dienone is 2. The summed E-state index contributed by atoms with van der Waals surface area (Å²) in [6.45, 7) is 4.75. The number of benzene rings is 2. The number of aldehydes is 1. The Bertz CT molecular complexity index is 790. The predicted molar refractivity (Wildman–Crippen MR) is 98.2 cm³/mol. The highest BCUT2D eigenvalue weighted by Crippen LogP contribution is 2.32. The van der Waals surface area contributed by atoms with Crippen molar-refractivity contribution in [1.82, 2.24) is 0 Å². The van der Waals surface area contributed by atoms with Gasteiger partial charge in [0.2, 0.25) is 0 Å². The summed E-state index contributed by atoms with van der Waals surface area (Å²) in [6.07, 6.45) is 3.51. The van der Waals surface area contributed by atoms with Crippen LogP contribution in [-0.4, -0.2) is 12.9 Å². The van der Waals surface area contributed by atoms with Crippen LogP contribution in [0.1, 0.15) is 37.0 Å². The molecule has 3 heteroatoms. The first-order chi connectivity index (χ1) is 12.1. The van der Waals surface area contributed by atoms with Gasteiger partial charge in [-0.05, 0) is 84.2 Å². The summed E-state index contributed by atoms with van der Waals surface area (Å²) in [5.74, 6) is 1.00. The molecule has 0 saturated carbocycles. The van der Waals surface area contributed by atoms with Crippen LogP contribution in [0.5, 0.6) is 5.75 Å². The molecule has 1 atom stereocenters. The van der Waals surface area contributed by atoms with Gasteiger partial charge in [-0.25, -0.2) is 4.39 Å². The Hall–Kier alpha value is -2.42. The summed E-state index contributed by atoms with van der Waals surface area (Å²) in [5, 5.41) is 0. The fourth-order valence-corrected chi connectivity index (χ4v) is 3.33. The minimum Gasteiger partial charge on any atom is -0.493 e. The summed E-state index contributed by atoms with van der Waals surface area (Å²) >= 11 is 0. The molecule has 2 aromatic carbocycles. The fraction of sp³-hybridized carbons (Fsp3) is 0.318. The van der Waals surface area contributed by atoms with Crippen LogP contribution in [-0.2, 0) is 17.6 Å². The quantitative estimate of drug-likeness (QED) is 0.693. The Labute approximate surface area is 148 Å². The van der Waals surface area contributed by atoms with E-state index in [0.29, 0.717) is 12.5 Å². The first kappa shape index (κ1) is 17.4. The third kappa shape index (κ3) is 4.16. The predicted octanol–water partition coefficient (Wildman–Crippen LogP) is 5.00. The number of hydrogen-bond donors (Lipinski definition) is 0. The second-order valence-electron chi connectivity index (χ2n) is 6.83. The summed E-state index contributed by atoms with van der Waals surface area (Å²) in [4.78, 5) is 11.1. The van der Waals surface area contributed by atoms with Gasteiger partial charge in [0.1, 0.15) is 17.9 Å². The molecule has 0 aromatic heterocycles. The van der Waals surface area contributed by atoms with Crippen LogP contribution in [0.2, 0.25) is 0 Å². The molecule has 0 fully saturated rings. The number of aryl methyl sites for hydroxylation is 1. The van der Waals surface area contributed by atoms with Crippen molar-refractivity contribution < 1.29 is 13.9 Å². The van der Waals surface area contributed by atoms with E-state index < -0.39 is 0 Å². The Morgan fingerprint density at radius 1 is 1.16 bits per heavy atom. The number of carbonyl (C=O) groups is 1. The van der Waals surface area contributed by atoms with Gasteiger partial charge in [-0.15, -0.1) is 0 Å². The standard InChI is InChI=1S/C22H23FO2/c1-15(11-17-3-7-20(23)8-4-17)14-25-21-9-10-22-16(2)19(13-24)6-5-18(22)12-21/h3-4,7-10,12-13,15H,5-6,11,14H2,1-2H3/t15-/m1/s1. The summed E-state index contributed by atoms with van der Waals surface area (Å²) < 4.78 is 18.9. The van der Waals surface area contributed by atoms with Crippen LogP contribution in [0.15, 0.2) is 48.0 Å². The molecular formula is C22H23FO2. The van der Waals surface area contributed by atoms with Gasteiger partial charge in [0.05, 0.1) is 6.61 Å². The number of halogens is 1. The molecule has 130 valence electrons.